The van der Waals surface area contributed by atoms with E-state index in [0.29, 0.717) is 5.56 Å². The molecule has 6 nitrogen and oxygen atoms in total. The average molecular weight is 312 g/mol. The Hall–Kier alpha value is -1.44. The summed E-state index contributed by atoms with van der Waals surface area (Å²) in [5.74, 6) is -0.499. The molecular formula is C14H20N2O4S. The van der Waals surface area contributed by atoms with E-state index in [1.807, 2.05) is 0 Å². The summed E-state index contributed by atoms with van der Waals surface area (Å²) >= 11 is 0. The van der Waals surface area contributed by atoms with Gasteiger partial charge in [0.25, 0.3) is 0 Å². The summed E-state index contributed by atoms with van der Waals surface area (Å²) in [4.78, 5) is 11.5. The van der Waals surface area contributed by atoms with Gasteiger partial charge >= 0.3 is 5.97 Å². The normalized spacial score (nSPS) is 17.6. The minimum Gasteiger partial charge on any atom is -0.465 e. The van der Waals surface area contributed by atoms with Gasteiger partial charge < -0.3 is 10.5 Å². The lowest BCUT2D eigenvalue weighted by Gasteiger charge is -2.28. The van der Waals surface area contributed by atoms with Crippen LogP contribution in [-0.4, -0.2) is 33.6 Å². The van der Waals surface area contributed by atoms with Crippen molar-refractivity contribution in [3.8, 4) is 0 Å². The number of hydrogen-bond acceptors (Lipinski definition) is 5. The van der Waals surface area contributed by atoms with E-state index in [1.165, 1.54) is 31.4 Å². The van der Waals surface area contributed by atoms with E-state index in [2.05, 4.69) is 9.46 Å². The Labute approximate surface area is 124 Å². The molecule has 1 saturated carbocycles. The number of carbonyl (C=O) groups excluding carboxylic acids is 1. The minimum absolute atomic E-state index is 0.120. The van der Waals surface area contributed by atoms with Gasteiger partial charge in [-0.2, -0.15) is 0 Å². The monoisotopic (exact) mass is 312 g/mol. The van der Waals surface area contributed by atoms with Gasteiger partial charge in [0.05, 0.1) is 17.6 Å². The first kappa shape index (κ1) is 15.9. The van der Waals surface area contributed by atoms with Gasteiger partial charge in [-0.05, 0) is 37.1 Å². The van der Waals surface area contributed by atoms with E-state index < -0.39 is 21.5 Å². The highest BCUT2D eigenvalue weighted by molar-refractivity contribution is 7.89. The van der Waals surface area contributed by atoms with Crippen molar-refractivity contribution in [3.63, 3.8) is 0 Å². The number of carbonyl (C=O) groups is 1. The topological polar surface area (TPSA) is 98.5 Å². The number of benzene rings is 1. The van der Waals surface area contributed by atoms with Gasteiger partial charge in [-0.3, -0.25) is 0 Å². The van der Waals surface area contributed by atoms with Crippen molar-refractivity contribution in [2.24, 2.45) is 5.73 Å². The Morgan fingerprint density at radius 3 is 2.33 bits per heavy atom. The molecule has 1 aromatic rings. The van der Waals surface area contributed by atoms with Crippen LogP contribution in [0.3, 0.4) is 0 Å². The van der Waals surface area contributed by atoms with Gasteiger partial charge in [-0.25, -0.2) is 17.9 Å². The zero-order valence-electron chi connectivity index (χ0n) is 12.0. The third-order valence-corrected chi connectivity index (χ3v) is 5.48. The standard InChI is InChI=1S/C14H20N2O4S/c1-20-13(17)11-4-6-12(7-5-11)21(18,19)16-14(10-15)8-2-3-9-14/h4-7,16H,2-3,8-10,15H2,1H3. The van der Waals surface area contributed by atoms with Gasteiger partial charge in [-0.1, -0.05) is 12.8 Å². The van der Waals surface area contributed by atoms with Gasteiger partial charge in [0.2, 0.25) is 10.0 Å². The molecule has 1 fully saturated rings. The van der Waals surface area contributed by atoms with Crippen LogP contribution in [0.15, 0.2) is 29.2 Å². The first-order valence-electron chi connectivity index (χ1n) is 6.85. The lowest BCUT2D eigenvalue weighted by atomic mass is 10.0. The van der Waals surface area contributed by atoms with Gasteiger partial charge in [-0.15, -0.1) is 0 Å². The summed E-state index contributed by atoms with van der Waals surface area (Å²) in [7, 11) is -2.37. The number of methoxy groups -OCH3 is 1. The first-order chi connectivity index (χ1) is 9.92. The summed E-state index contributed by atoms with van der Waals surface area (Å²) in [6.07, 6.45) is 3.45. The van der Waals surface area contributed by atoms with Gasteiger partial charge in [0.15, 0.2) is 0 Å². The molecule has 0 spiro atoms. The Morgan fingerprint density at radius 1 is 1.29 bits per heavy atom. The van der Waals surface area contributed by atoms with Crippen LogP contribution in [0.25, 0.3) is 0 Å². The fourth-order valence-corrected chi connectivity index (χ4v) is 4.10. The largest absolute Gasteiger partial charge is 0.465 e. The fraction of sp³-hybridized carbons (Fsp3) is 0.500. The van der Waals surface area contributed by atoms with E-state index in [1.54, 1.807) is 0 Å². The number of hydrogen-bond donors (Lipinski definition) is 2. The highest BCUT2D eigenvalue weighted by Crippen LogP contribution is 2.30. The van der Waals surface area contributed by atoms with Gasteiger partial charge in [0, 0.05) is 12.1 Å². The molecule has 1 aliphatic carbocycles. The molecule has 0 aliphatic heterocycles. The number of nitrogens with one attached hydrogen (secondary N) is 1. The van der Waals surface area contributed by atoms with Crippen molar-refractivity contribution < 1.29 is 17.9 Å². The third kappa shape index (κ3) is 3.42. The number of esters is 1. The van der Waals surface area contributed by atoms with Crippen molar-refractivity contribution in [1.82, 2.24) is 4.72 Å². The molecule has 3 N–H and O–H groups in total. The maximum absolute atomic E-state index is 12.4. The molecule has 0 atom stereocenters. The lowest BCUT2D eigenvalue weighted by molar-refractivity contribution is 0.0600. The minimum atomic E-state index is -3.65. The molecule has 0 saturated heterocycles. The maximum Gasteiger partial charge on any atom is 0.337 e. The van der Waals surface area contributed by atoms with Crippen LogP contribution in [0.5, 0.6) is 0 Å². The number of sulfonamides is 1. The molecule has 1 aromatic carbocycles. The predicted molar refractivity (Wildman–Crippen MR) is 78.4 cm³/mol. The molecule has 116 valence electrons. The van der Waals surface area contributed by atoms with Crippen LogP contribution >= 0.6 is 0 Å². The molecule has 7 heteroatoms. The molecule has 21 heavy (non-hydrogen) atoms. The fourth-order valence-electron chi connectivity index (χ4n) is 2.63. The molecule has 2 rings (SSSR count). The Morgan fingerprint density at radius 2 is 1.86 bits per heavy atom. The quantitative estimate of drug-likeness (QED) is 0.791. The SMILES string of the molecule is COC(=O)c1ccc(S(=O)(=O)NC2(CN)CCCC2)cc1. The molecule has 0 unspecified atom stereocenters. The molecular weight excluding hydrogens is 292 g/mol. The molecule has 0 bridgehead atoms. The lowest BCUT2D eigenvalue weighted by Crippen LogP contribution is -2.51. The Balaban J connectivity index is 2.21. The van der Waals surface area contributed by atoms with Crippen LogP contribution in [-0.2, 0) is 14.8 Å². The summed E-state index contributed by atoms with van der Waals surface area (Å²) in [6.45, 7) is 0.284. The van der Waals surface area contributed by atoms with E-state index >= 15 is 0 Å². The molecule has 0 radical (unpaired) electrons. The van der Waals surface area contributed by atoms with Crippen molar-refractivity contribution >= 4 is 16.0 Å². The Bertz CT molecular complexity index is 604. The van der Waals surface area contributed by atoms with Crippen molar-refractivity contribution in [1.29, 1.82) is 0 Å². The number of ether oxygens (including phenoxy) is 1. The van der Waals surface area contributed by atoms with Crippen LogP contribution in [0, 0.1) is 0 Å². The van der Waals surface area contributed by atoms with E-state index in [9.17, 15) is 13.2 Å². The molecule has 0 aromatic heterocycles. The average Bonchev–Trinajstić information content (AvgIpc) is 2.95. The first-order valence-corrected chi connectivity index (χ1v) is 8.33. The van der Waals surface area contributed by atoms with Crippen LogP contribution in [0.1, 0.15) is 36.0 Å². The highest BCUT2D eigenvalue weighted by atomic mass is 32.2. The number of nitrogens with two attached hydrogens (primary N) is 1. The summed E-state index contributed by atoms with van der Waals surface area (Å²) in [6, 6.07) is 5.66. The van der Waals surface area contributed by atoms with Crippen molar-refractivity contribution in [2.45, 2.75) is 36.1 Å². The second-order valence-corrected chi connectivity index (χ2v) is 7.00. The summed E-state index contributed by atoms with van der Waals surface area (Å²) in [5.41, 5.74) is 5.52. The molecule has 0 amide bonds. The van der Waals surface area contributed by atoms with Crippen molar-refractivity contribution in [2.75, 3.05) is 13.7 Å². The predicted octanol–water partition coefficient (Wildman–Crippen LogP) is 1.02. The molecule has 0 heterocycles. The van der Waals surface area contributed by atoms with Crippen LogP contribution in [0.2, 0.25) is 0 Å². The number of rotatable bonds is 5. The van der Waals surface area contributed by atoms with Crippen LogP contribution < -0.4 is 10.5 Å². The smallest absolute Gasteiger partial charge is 0.337 e. The van der Waals surface area contributed by atoms with Crippen molar-refractivity contribution in [3.05, 3.63) is 29.8 Å². The Kier molecular flexibility index (Phi) is 4.65. The third-order valence-electron chi connectivity index (χ3n) is 3.89. The highest BCUT2D eigenvalue weighted by Gasteiger charge is 2.36. The van der Waals surface area contributed by atoms with Crippen LogP contribution in [0.4, 0.5) is 0 Å². The second-order valence-electron chi connectivity index (χ2n) is 5.31. The summed E-state index contributed by atoms with van der Waals surface area (Å²) < 4.78 is 32.2. The van der Waals surface area contributed by atoms with E-state index in [0.717, 1.165) is 25.7 Å². The zero-order valence-corrected chi connectivity index (χ0v) is 12.8. The zero-order chi connectivity index (χ0) is 15.5. The van der Waals surface area contributed by atoms with E-state index in [-0.39, 0.29) is 11.4 Å². The summed E-state index contributed by atoms with van der Waals surface area (Å²) in [5, 5.41) is 0. The molecule has 1 aliphatic rings. The maximum atomic E-state index is 12.4. The second kappa shape index (κ2) is 6.13. The van der Waals surface area contributed by atoms with E-state index in [4.69, 9.17) is 5.73 Å². The van der Waals surface area contributed by atoms with Gasteiger partial charge in [0.1, 0.15) is 0 Å².